The summed E-state index contributed by atoms with van der Waals surface area (Å²) in [6.45, 7) is 0. The maximum Gasteiger partial charge on any atom is 0.274 e. The Morgan fingerprint density at radius 3 is 1.94 bits per heavy atom. The number of rotatable bonds is 6. The van der Waals surface area contributed by atoms with Crippen molar-refractivity contribution in [3.05, 3.63) is 86.3 Å². The summed E-state index contributed by atoms with van der Waals surface area (Å²) >= 11 is 6.95. The van der Waals surface area contributed by atoms with E-state index in [1.807, 2.05) is 48.5 Å². The molecule has 0 saturated carbocycles. The van der Waals surface area contributed by atoms with Gasteiger partial charge in [0.15, 0.2) is 11.5 Å². The fourth-order valence-corrected chi connectivity index (χ4v) is 4.32. The summed E-state index contributed by atoms with van der Waals surface area (Å²) in [5.74, 6) is 1.00. The number of hydrazone groups is 1. The number of amides is 1. The average Bonchev–Trinajstić information content (AvgIpc) is 3.28. The Labute approximate surface area is 209 Å². The van der Waals surface area contributed by atoms with Crippen molar-refractivity contribution >= 4 is 43.5 Å². The van der Waals surface area contributed by atoms with Crippen LogP contribution >= 0.6 is 31.9 Å². The molecule has 3 aromatic carbocycles. The number of halogens is 2. The number of benzene rings is 3. The predicted octanol–water partition coefficient (Wildman–Crippen LogP) is 6.23. The first-order chi connectivity index (χ1) is 15.9. The average molecular weight is 574 g/mol. The van der Waals surface area contributed by atoms with Crippen LogP contribution in [0, 0.1) is 0 Å². The fraction of sp³-hybridized carbons (Fsp3) is 0.200. The lowest BCUT2D eigenvalue weighted by atomic mass is 9.98. The zero-order chi connectivity index (χ0) is 23.5. The SMILES string of the molecule is COc1cc(C(=O)N2N=C(c3ccc(Br)cc3)C[C@H]2c2ccc(Br)cc2)cc(OC)c1OC. The molecule has 1 aliphatic rings. The van der Waals surface area contributed by atoms with Crippen LogP contribution in [0.3, 0.4) is 0 Å². The Morgan fingerprint density at radius 2 is 1.42 bits per heavy atom. The molecule has 4 rings (SSSR count). The quantitative estimate of drug-likeness (QED) is 0.351. The summed E-state index contributed by atoms with van der Waals surface area (Å²) in [5, 5.41) is 6.30. The van der Waals surface area contributed by atoms with Gasteiger partial charge in [0.25, 0.3) is 5.91 Å². The van der Waals surface area contributed by atoms with Gasteiger partial charge in [0.05, 0.1) is 33.1 Å². The van der Waals surface area contributed by atoms with Crippen molar-refractivity contribution in [1.29, 1.82) is 0 Å². The lowest BCUT2D eigenvalue weighted by Crippen LogP contribution is -2.27. The molecule has 0 aromatic heterocycles. The molecule has 8 heteroatoms. The first kappa shape index (κ1) is 23.3. The molecule has 1 aliphatic heterocycles. The third-order valence-electron chi connectivity index (χ3n) is 5.46. The van der Waals surface area contributed by atoms with E-state index < -0.39 is 0 Å². The van der Waals surface area contributed by atoms with Crippen LogP contribution in [-0.4, -0.2) is 38.0 Å². The van der Waals surface area contributed by atoms with Crippen LogP contribution in [0.2, 0.25) is 0 Å². The molecule has 1 heterocycles. The summed E-state index contributed by atoms with van der Waals surface area (Å²) in [6, 6.07) is 18.9. The van der Waals surface area contributed by atoms with Gasteiger partial charge in [0.2, 0.25) is 5.75 Å². The van der Waals surface area contributed by atoms with E-state index in [1.54, 1.807) is 17.1 Å². The Kier molecular flexibility index (Phi) is 7.05. The van der Waals surface area contributed by atoms with E-state index >= 15 is 0 Å². The Balaban J connectivity index is 1.77. The van der Waals surface area contributed by atoms with E-state index in [-0.39, 0.29) is 11.9 Å². The standard InChI is InChI=1S/C25H22Br2N2O4/c1-31-22-12-17(13-23(32-2)24(22)33-3)25(30)29-21(16-6-10-19(27)11-7-16)14-20(28-29)15-4-8-18(26)9-5-15/h4-13,21H,14H2,1-3H3/t21-/m0/s1. The van der Waals surface area contributed by atoms with Gasteiger partial charge in [-0.2, -0.15) is 5.10 Å². The molecule has 0 N–H and O–H groups in total. The minimum absolute atomic E-state index is 0.247. The topological polar surface area (TPSA) is 60.4 Å². The molecular formula is C25H22Br2N2O4. The van der Waals surface area contributed by atoms with Crippen molar-refractivity contribution in [2.75, 3.05) is 21.3 Å². The molecule has 0 bridgehead atoms. The van der Waals surface area contributed by atoms with E-state index in [9.17, 15) is 4.79 Å². The zero-order valence-corrected chi connectivity index (χ0v) is 21.5. The molecule has 33 heavy (non-hydrogen) atoms. The van der Waals surface area contributed by atoms with Crippen molar-refractivity contribution in [2.24, 2.45) is 5.10 Å². The maximum absolute atomic E-state index is 13.7. The Bertz CT molecular complexity index is 1170. The summed E-state index contributed by atoms with van der Waals surface area (Å²) in [7, 11) is 4.58. The smallest absolute Gasteiger partial charge is 0.274 e. The molecule has 6 nitrogen and oxygen atoms in total. The molecule has 0 spiro atoms. The molecule has 1 atom stereocenters. The van der Waals surface area contributed by atoms with Crippen LogP contribution in [0.4, 0.5) is 0 Å². The molecule has 0 saturated heterocycles. The first-order valence-electron chi connectivity index (χ1n) is 10.2. The van der Waals surface area contributed by atoms with E-state index in [1.165, 1.54) is 21.3 Å². The third kappa shape index (κ3) is 4.77. The number of hydrogen-bond acceptors (Lipinski definition) is 5. The van der Waals surface area contributed by atoms with E-state index in [2.05, 4.69) is 31.9 Å². The molecule has 0 aliphatic carbocycles. The van der Waals surface area contributed by atoms with Gasteiger partial charge in [0.1, 0.15) is 0 Å². The molecule has 0 fully saturated rings. The highest BCUT2D eigenvalue weighted by molar-refractivity contribution is 9.10. The van der Waals surface area contributed by atoms with Crippen molar-refractivity contribution < 1.29 is 19.0 Å². The highest BCUT2D eigenvalue weighted by Gasteiger charge is 2.34. The van der Waals surface area contributed by atoms with Crippen LogP contribution in [0.1, 0.15) is 33.9 Å². The minimum atomic E-state index is -0.255. The largest absolute Gasteiger partial charge is 0.493 e. The van der Waals surface area contributed by atoms with Crippen molar-refractivity contribution in [2.45, 2.75) is 12.5 Å². The summed E-state index contributed by atoms with van der Waals surface area (Å²) in [5.41, 5.74) is 3.21. The molecule has 170 valence electrons. The number of carbonyl (C=O) groups is 1. The number of methoxy groups -OCH3 is 3. The maximum atomic E-state index is 13.7. The second kappa shape index (κ2) is 9.97. The number of nitrogens with zero attached hydrogens (tertiary/aromatic N) is 2. The van der Waals surface area contributed by atoms with Crippen molar-refractivity contribution in [3.63, 3.8) is 0 Å². The van der Waals surface area contributed by atoms with Crippen LogP contribution in [0.15, 0.2) is 74.7 Å². The molecule has 0 radical (unpaired) electrons. The number of ether oxygens (including phenoxy) is 3. The van der Waals surface area contributed by atoms with Gasteiger partial charge < -0.3 is 14.2 Å². The van der Waals surface area contributed by atoms with Crippen LogP contribution in [0.25, 0.3) is 0 Å². The monoisotopic (exact) mass is 572 g/mol. The van der Waals surface area contributed by atoms with Crippen LogP contribution in [0.5, 0.6) is 17.2 Å². The Hall–Kier alpha value is -2.84. The van der Waals surface area contributed by atoms with Gasteiger partial charge in [-0.05, 0) is 47.5 Å². The minimum Gasteiger partial charge on any atom is -0.493 e. The normalized spacial score (nSPS) is 15.2. The van der Waals surface area contributed by atoms with Gasteiger partial charge in [-0.1, -0.05) is 56.1 Å². The van der Waals surface area contributed by atoms with E-state index in [4.69, 9.17) is 19.3 Å². The van der Waals surface area contributed by atoms with Gasteiger partial charge >= 0.3 is 0 Å². The second-order valence-corrected chi connectivity index (χ2v) is 9.22. The first-order valence-corrected chi connectivity index (χ1v) is 11.8. The molecule has 3 aromatic rings. The second-order valence-electron chi connectivity index (χ2n) is 7.39. The summed E-state index contributed by atoms with van der Waals surface area (Å²) in [4.78, 5) is 13.7. The zero-order valence-electron chi connectivity index (χ0n) is 18.3. The fourth-order valence-electron chi connectivity index (χ4n) is 3.80. The van der Waals surface area contributed by atoms with Crippen LogP contribution in [-0.2, 0) is 0 Å². The molecule has 0 unspecified atom stereocenters. The molecular weight excluding hydrogens is 552 g/mol. The van der Waals surface area contributed by atoms with Gasteiger partial charge in [-0.3, -0.25) is 4.79 Å². The highest BCUT2D eigenvalue weighted by atomic mass is 79.9. The van der Waals surface area contributed by atoms with Crippen LogP contribution < -0.4 is 14.2 Å². The lowest BCUT2D eigenvalue weighted by molar-refractivity contribution is 0.0710. The summed E-state index contributed by atoms with van der Waals surface area (Å²) < 4.78 is 18.2. The van der Waals surface area contributed by atoms with Crippen molar-refractivity contribution in [1.82, 2.24) is 5.01 Å². The van der Waals surface area contributed by atoms with Gasteiger partial charge in [-0.15, -0.1) is 0 Å². The Morgan fingerprint density at radius 1 is 0.879 bits per heavy atom. The van der Waals surface area contributed by atoms with Gasteiger partial charge in [-0.25, -0.2) is 5.01 Å². The van der Waals surface area contributed by atoms with E-state index in [0.717, 1.165) is 25.8 Å². The molecule has 1 amide bonds. The highest BCUT2D eigenvalue weighted by Crippen LogP contribution is 2.40. The number of carbonyl (C=O) groups excluding carboxylic acids is 1. The predicted molar refractivity (Wildman–Crippen MR) is 134 cm³/mol. The third-order valence-corrected chi connectivity index (χ3v) is 6.52. The summed E-state index contributed by atoms with van der Waals surface area (Å²) in [6.07, 6.45) is 0.597. The number of hydrogen-bond donors (Lipinski definition) is 0. The van der Waals surface area contributed by atoms with E-state index in [0.29, 0.717) is 29.2 Å². The van der Waals surface area contributed by atoms with Gasteiger partial charge in [0, 0.05) is 20.9 Å². The van der Waals surface area contributed by atoms with Crippen molar-refractivity contribution in [3.8, 4) is 17.2 Å². The lowest BCUT2D eigenvalue weighted by Gasteiger charge is -2.23.